The van der Waals surface area contributed by atoms with Gasteiger partial charge in [-0.3, -0.25) is 0 Å². The van der Waals surface area contributed by atoms with E-state index in [0.717, 1.165) is 0 Å². The van der Waals surface area contributed by atoms with Crippen LogP contribution in [0.3, 0.4) is 0 Å². The van der Waals surface area contributed by atoms with Crippen LogP contribution in [-0.4, -0.2) is 6.11 Å². The second-order valence-corrected chi connectivity index (χ2v) is 2.78. The molecule has 1 aromatic rings. The maximum atomic E-state index is 12.6. The Kier molecular flexibility index (Phi) is 1.28. The molecule has 0 amide bonds. The van der Waals surface area contributed by atoms with E-state index in [0.29, 0.717) is 11.3 Å². The minimum absolute atomic E-state index is 0.231. The average Bonchev–Trinajstić information content (AvgIpc) is 2.21. The van der Waals surface area contributed by atoms with Crippen molar-refractivity contribution in [2.45, 2.75) is 12.5 Å². The van der Waals surface area contributed by atoms with Gasteiger partial charge in [0.1, 0.15) is 5.75 Å². The Hall–Kier alpha value is -1.32. The second-order valence-electron chi connectivity index (χ2n) is 2.78. The topological polar surface area (TPSA) is 35.2 Å². The number of fused-ring (bicyclic) bond motifs is 1. The highest BCUT2D eigenvalue weighted by molar-refractivity contribution is 5.49. The van der Waals surface area contributed by atoms with Gasteiger partial charge in [0, 0.05) is 11.3 Å². The van der Waals surface area contributed by atoms with Gasteiger partial charge in [-0.15, -0.1) is 0 Å². The number of hydrogen-bond donors (Lipinski definition) is 1. The summed E-state index contributed by atoms with van der Waals surface area (Å²) in [6.45, 7) is 0. The molecule has 0 radical (unpaired) electrons. The first kappa shape index (κ1) is 7.34. The fourth-order valence-electron chi connectivity index (χ4n) is 1.26. The maximum absolute atomic E-state index is 12.6. The van der Waals surface area contributed by atoms with E-state index >= 15 is 0 Å². The first-order chi connectivity index (χ1) is 5.57. The van der Waals surface area contributed by atoms with Crippen molar-refractivity contribution < 1.29 is 13.5 Å². The zero-order chi connectivity index (χ0) is 8.77. The lowest BCUT2D eigenvalue weighted by Gasteiger charge is -2.06. The number of alkyl halides is 2. The smallest absolute Gasteiger partial charge is 0.402 e. The predicted octanol–water partition coefficient (Wildman–Crippen LogP) is 1.80. The number of ether oxygens (including phenoxy) is 1. The Balaban J connectivity index is 2.43. The third-order valence-electron chi connectivity index (χ3n) is 1.74. The Morgan fingerprint density at radius 2 is 2.17 bits per heavy atom. The molecule has 0 unspecified atom stereocenters. The van der Waals surface area contributed by atoms with Gasteiger partial charge >= 0.3 is 6.11 Å². The molecule has 0 spiro atoms. The number of anilines is 1. The molecule has 0 fully saturated rings. The van der Waals surface area contributed by atoms with E-state index in [1.165, 1.54) is 12.1 Å². The first-order valence-corrected chi connectivity index (χ1v) is 3.52. The molecule has 0 saturated carbocycles. The van der Waals surface area contributed by atoms with Gasteiger partial charge in [-0.25, -0.2) is 0 Å². The molecule has 1 heterocycles. The molecule has 1 aliphatic heterocycles. The quantitative estimate of drug-likeness (QED) is 0.604. The number of halogens is 2. The molecule has 12 heavy (non-hydrogen) atoms. The van der Waals surface area contributed by atoms with Gasteiger partial charge in [-0.05, 0) is 18.2 Å². The number of nitrogens with two attached hydrogens (primary N) is 1. The van der Waals surface area contributed by atoms with Gasteiger partial charge in [-0.1, -0.05) is 0 Å². The monoisotopic (exact) mass is 171 g/mol. The maximum Gasteiger partial charge on any atom is 0.402 e. The number of rotatable bonds is 0. The summed E-state index contributed by atoms with van der Waals surface area (Å²) in [6.07, 6.45) is -3.44. The average molecular weight is 171 g/mol. The third kappa shape index (κ3) is 1.09. The van der Waals surface area contributed by atoms with E-state index in [1.54, 1.807) is 6.07 Å². The minimum atomic E-state index is -3.06. The Morgan fingerprint density at radius 1 is 1.42 bits per heavy atom. The highest BCUT2D eigenvalue weighted by Gasteiger charge is 2.39. The van der Waals surface area contributed by atoms with Crippen molar-refractivity contribution in [1.29, 1.82) is 0 Å². The number of nitrogen functional groups attached to an aromatic ring is 1. The lowest BCUT2D eigenvalue weighted by molar-refractivity contribution is -0.159. The molecule has 4 heteroatoms. The van der Waals surface area contributed by atoms with Crippen LogP contribution in [0.25, 0.3) is 0 Å². The molecule has 0 aliphatic carbocycles. The summed E-state index contributed by atoms with van der Waals surface area (Å²) < 4.78 is 29.6. The molecule has 0 saturated heterocycles. The summed E-state index contributed by atoms with van der Waals surface area (Å²) in [5.74, 6) is 0.231. The summed E-state index contributed by atoms with van der Waals surface area (Å²) in [6, 6.07) is 4.52. The van der Waals surface area contributed by atoms with Gasteiger partial charge in [0.15, 0.2) is 0 Å². The van der Waals surface area contributed by atoms with E-state index in [1.807, 2.05) is 0 Å². The van der Waals surface area contributed by atoms with Crippen LogP contribution in [0, 0.1) is 0 Å². The molecule has 2 rings (SSSR count). The van der Waals surface area contributed by atoms with Crippen LogP contribution >= 0.6 is 0 Å². The Morgan fingerprint density at radius 3 is 2.92 bits per heavy atom. The lowest BCUT2D eigenvalue weighted by atomic mass is 10.1. The highest BCUT2D eigenvalue weighted by atomic mass is 19.3. The van der Waals surface area contributed by atoms with Gasteiger partial charge in [0.2, 0.25) is 0 Å². The summed E-state index contributed by atoms with van der Waals surface area (Å²) in [7, 11) is 0. The Bertz CT molecular complexity index is 325. The number of benzene rings is 1. The molecule has 64 valence electrons. The van der Waals surface area contributed by atoms with Gasteiger partial charge in [-0.2, -0.15) is 8.78 Å². The van der Waals surface area contributed by atoms with Crippen LogP contribution in [-0.2, 0) is 6.42 Å². The van der Waals surface area contributed by atoms with Crippen molar-refractivity contribution in [2.24, 2.45) is 0 Å². The van der Waals surface area contributed by atoms with Crippen molar-refractivity contribution in [3.63, 3.8) is 0 Å². The van der Waals surface area contributed by atoms with E-state index in [-0.39, 0.29) is 12.2 Å². The van der Waals surface area contributed by atoms with E-state index in [9.17, 15) is 8.78 Å². The molecular weight excluding hydrogens is 164 g/mol. The molecule has 0 aromatic heterocycles. The minimum Gasteiger partial charge on any atom is -0.432 e. The van der Waals surface area contributed by atoms with Crippen LogP contribution in [0.1, 0.15) is 5.56 Å². The van der Waals surface area contributed by atoms with Crippen LogP contribution < -0.4 is 10.5 Å². The first-order valence-electron chi connectivity index (χ1n) is 3.52. The zero-order valence-electron chi connectivity index (χ0n) is 6.18. The molecule has 0 atom stereocenters. The van der Waals surface area contributed by atoms with E-state index in [2.05, 4.69) is 4.74 Å². The molecule has 2 nitrogen and oxygen atoms in total. The van der Waals surface area contributed by atoms with Gasteiger partial charge in [0.25, 0.3) is 0 Å². The second kappa shape index (κ2) is 2.09. The normalized spacial score (nSPS) is 18.5. The van der Waals surface area contributed by atoms with Crippen LogP contribution in [0.2, 0.25) is 0 Å². The zero-order valence-corrected chi connectivity index (χ0v) is 6.18. The SMILES string of the molecule is Nc1ccc2c(c1)CC(F)(F)O2. The van der Waals surface area contributed by atoms with Crippen molar-refractivity contribution in [1.82, 2.24) is 0 Å². The lowest BCUT2D eigenvalue weighted by Crippen LogP contribution is -2.20. The highest BCUT2D eigenvalue weighted by Crippen LogP contribution is 2.37. The molecular formula is C8H7F2NO. The van der Waals surface area contributed by atoms with Crippen LogP contribution in [0.5, 0.6) is 5.75 Å². The summed E-state index contributed by atoms with van der Waals surface area (Å²) in [4.78, 5) is 0. The predicted molar refractivity (Wildman–Crippen MR) is 40.1 cm³/mol. The van der Waals surface area contributed by atoms with Crippen molar-refractivity contribution in [3.8, 4) is 5.75 Å². The molecule has 2 N–H and O–H groups in total. The molecule has 0 bridgehead atoms. The standard InChI is InChI=1S/C8H7F2NO/c9-8(10)4-5-3-6(11)1-2-7(5)12-8/h1-3H,4,11H2. The fraction of sp³-hybridized carbons (Fsp3) is 0.250. The fourth-order valence-corrected chi connectivity index (χ4v) is 1.26. The largest absolute Gasteiger partial charge is 0.432 e. The molecule has 1 aliphatic rings. The summed E-state index contributed by atoms with van der Waals surface area (Å²) in [5, 5.41) is 0. The van der Waals surface area contributed by atoms with E-state index in [4.69, 9.17) is 5.73 Å². The van der Waals surface area contributed by atoms with Crippen molar-refractivity contribution >= 4 is 5.69 Å². The molecule has 1 aromatic carbocycles. The van der Waals surface area contributed by atoms with Crippen LogP contribution in [0.15, 0.2) is 18.2 Å². The van der Waals surface area contributed by atoms with Crippen LogP contribution in [0.4, 0.5) is 14.5 Å². The number of hydrogen-bond acceptors (Lipinski definition) is 2. The van der Waals surface area contributed by atoms with Crippen molar-refractivity contribution in [2.75, 3.05) is 5.73 Å². The Labute approximate surface area is 67.9 Å². The van der Waals surface area contributed by atoms with Gasteiger partial charge in [0.05, 0.1) is 6.42 Å². The summed E-state index contributed by atoms with van der Waals surface area (Å²) in [5.41, 5.74) is 6.37. The van der Waals surface area contributed by atoms with Crippen molar-refractivity contribution in [3.05, 3.63) is 23.8 Å². The third-order valence-corrected chi connectivity index (χ3v) is 1.74. The van der Waals surface area contributed by atoms with E-state index < -0.39 is 6.11 Å². The van der Waals surface area contributed by atoms with Gasteiger partial charge < -0.3 is 10.5 Å². The summed E-state index contributed by atoms with van der Waals surface area (Å²) >= 11 is 0.